The van der Waals surface area contributed by atoms with E-state index in [4.69, 9.17) is 11.6 Å². The number of rotatable bonds is 4. The molecule has 0 saturated heterocycles. The number of aryl methyl sites for hydroxylation is 1. The van der Waals surface area contributed by atoms with E-state index in [0.29, 0.717) is 22.8 Å². The Kier molecular flexibility index (Phi) is 4.59. The Morgan fingerprint density at radius 2 is 2.17 bits per heavy atom. The third-order valence-corrected chi connectivity index (χ3v) is 4.48. The van der Waals surface area contributed by atoms with E-state index in [0.717, 1.165) is 16.3 Å². The maximum atomic E-state index is 12.8. The second-order valence-electron chi connectivity index (χ2n) is 5.02. The summed E-state index contributed by atoms with van der Waals surface area (Å²) in [6, 6.07) is 11.3. The lowest BCUT2D eigenvalue weighted by Crippen LogP contribution is -2.16. The first-order valence-electron chi connectivity index (χ1n) is 7.24. The van der Waals surface area contributed by atoms with Crippen LogP contribution in [0.2, 0.25) is 5.02 Å². The number of thioether (sulfide) groups is 1. The number of benzene rings is 1. The summed E-state index contributed by atoms with van der Waals surface area (Å²) >= 11 is 7.70. The summed E-state index contributed by atoms with van der Waals surface area (Å²) in [5.74, 6) is -0.185. The van der Waals surface area contributed by atoms with Crippen LogP contribution in [0.25, 0.3) is 5.65 Å². The summed E-state index contributed by atoms with van der Waals surface area (Å²) in [5.41, 5.74) is 2.76. The van der Waals surface area contributed by atoms with Crippen LogP contribution in [0.15, 0.2) is 47.5 Å². The quantitative estimate of drug-likeness (QED) is 0.707. The summed E-state index contributed by atoms with van der Waals surface area (Å²) in [6.07, 6.45) is 4.39. The van der Waals surface area contributed by atoms with Crippen LogP contribution in [0.3, 0.4) is 0 Å². The molecular weight excluding hydrogens is 330 g/mol. The highest BCUT2D eigenvalue weighted by Gasteiger charge is 2.18. The molecule has 1 amide bonds. The van der Waals surface area contributed by atoms with Gasteiger partial charge >= 0.3 is 0 Å². The molecule has 1 aromatic carbocycles. The van der Waals surface area contributed by atoms with Gasteiger partial charge < -0.3 is 5.32 Å². The third kappa shape index (κ3) is 3.21. The number of imidazole rings is 1. The highest BCUT2D eigenvalue weighted by molar-refractivity contribution is 7.98. The van der Waals surface area contributed by atoms with Gasteiger partial charge in [0.25, 0.3) is 5.91 Å². The maximum absolute atomic E-state index is 12.8. The van der Waals surface area contributed by atoms with Gasteiger partial charge in [0.05, 0.1) is 10.7 Å². The van der Waals surface area contributed by atoms with E-state index in [9.17, 15) is 4.79 Å². The average molecular weight is 346 g/mol. The van der Waals surface area contributed by atoms with E-state index in [1.54, 1.807) is 28.4 Å². The molecular formula is C17H16ClN3OS. The van der Waals surface area contributed by atoms with Gasteiger partial charge in [0.1, 0.15) is 11.3 Å². The highest BCUT2D eigenvalue weighted by atomic mass is 35.5. The van der Waals surface area contributed by atoms with E-state index in [1.807, 2.05) is 43.5 Å². The predicted molar refractivity (Wildman–Crippen MR) is 95.8 cm³/mol. The summed E-state index contributed by atoms with van der Waals surface area (Å²) in [7, 11) is 0. The molecule has 3 rings (SSSR count). The highest BCUT2D eigenvalue weighted by Crippen LogP contribution is 2.21. The molecule has 2 heterocycles. The number of halogens is 1. The van der Waals surface area contributed by atoms with E-state index in [2.05, 4.69) is 10.3 Å². The van der Waals surface area contributed by atoms with Crippen molar-refractivity contribution in [2.75, 3.05) is 11.6 Å². The summed E-state index contributed by atoms with van der Waals surface area (Å²) in [5, 5.41) is 3.51. The fourth-order valence-corrected chi connectivity index (χ4v) is 3.07. The zero-order chi connectivity index (χ0) is 16.4. The SMILES string of the molecule is CCc1nc2ccc(Cl)cn2c1C(=O)Nc1cccc(SC)c1. The lowest BCUT2D eigenvalue weighted by Gasteiger charge is -2.08. The topological polar surface area (TPSA) is 46.4 Å². The molecule has 23 heavy (non-hydrogen) atoms. The molecule has 0 unspecified atom stereocenters. The minimum absolute atomic E-state index is 0.185. The van der Waals surface area contributed by atoms with E-state index in [1.165, 1.54) is 0 Å². The summed E-state index contributed by atoms with van der Waals surface area (Å²) < 4.78 is 1.74. The molecule has 0 aliphatic carbocycles. The van der Waals surface area contributed by atoms with Gasteiger partial charge in [-0.05, 0) is 43.0 Å². The van der Waals surface area contributed by atoms with Crippen molar-refractivity contribution >= 4 is 40.6 Å². The maximum Gasteiger partial charge on any atom is 0.274 e. The smallest absolute Gasteiger partial charge is 0.274 e. The van der Waals surface area contributed by atoms with Crippen molar-refractivity contribution in [3.05, 3.63) is 59.0 Å². The molecule has 6 heteroatoms. The zero-order valence-corrected chi connectivity index (χ0v) is 14.4. The first-order valence-corrected chi connectivity index (χ1v) is 8.84. The molecule has 1 N–H and O–H groups in total. The third-order valence-electron chi connectivity index (χ3n) is 3.53. The summed E-state index contributed by atoms with van der Waals surface area (Å²) in [6.45, 7) is 1.98. The molecule has 0 aliphatic rings. The van der Waals surface area contributed by atoms with Gasteiger partial charge in [-0.2, -0.15) is 0 Å². The molecule has 0 saturated carbocycles. The Hall–Kier alpha value is -1.98. The van der Waals surface area contributed by atoms with Crippen LogP contribution in [-0.2, 0) is 6.42 Å². The molecule has 118 valence electrons. The number of carbonyl (C=O) groups excluding carboxylic acids is 1. The largest absolute Gasteiger partial charge is 0.321 e. The monoisotopic (exact) mass is 345 g/mol. The molecule has 0 fully saturated rings. The number of anilines is 1. The number of hydrogen-bond acceptors (Lipinski definition) is 3. The van der Waals surface area contributed by atoms with Crippen LogP contribution in [0.1, 0.15) is 23.1 Å². The predicted octanol–water partition coefficient (Wildman–Crippen LogP) is 4.52. The molecule has 0 atom stereocenters. The van der Waals surface area contributed by atoms with E-state index in [-0.39, 0.29) is 5.91 Å². The number of fused-ring (bicyclic) bond motifs is 1. The molecule has 0 aliphatic heterocycles. The van der Waals surface area contributed by atoms with Gasteiger partial charge in [0.2, 0.25) is 0 Å². The Balaban J connectivity index is 2.01. The first-order chi connectivity index (χ1) is 11.1. The van der Waals surface area contributed by atoms with Crippen molar-refractivity contribution in [3.8, 4) is 0 Å². The van der Waals surface area contributed by atoms with Crippen LogP contribution in [0.5, 0.6) is 0 Å². The van der Waals surface area contributed by atoms with Crippen molar-refractivity contribution in [1.29, 1.82) is 0 Å². The number of nitrogens with one attached hydrogen (secondary N) is 1. The Morgan fingerprint density at radius 3 is 2.91 bits per heavy atom. The van der Waals surface area contributed by atoms with Crippen LogP contribution >= 0.6 is 23.4 Å². The molecule has 0 bridgehead atoms. The minimum atomic E-state index is -0.185. The van der Waals surface area contributed by atoms with Gasteiger partial charge in [-0.3, -0.25) is 9.20 Å². The molecule has 0 spiro atoms. The lowest BCUT2D eigenvalue weighted by atomic mass is 10.2. The van der Waals surface area contributed by atoms with Gasteiger partial charge in [-0.1, -0.05) is 24.6 Å². The normalized spacial score (nSPS) is 10.9. The van der Waals surface area contributed by atoms with Gasteiger partial charge in [-0.15, -0.1) is 11.8 Å². The fourth-order valence-electron chi connectivity index (χ4n) is 2.45. The Morgan fingerprint density at radius 1 is 1.35 bits per heavy atom. The lowest BCUT2D eigenvalue weighted by molar-refractivity contribution is 0.102. The van der Waals surface area contributed by atoms with Crippen LogP contribution in [0.4, 0.5) is 5.69 Å². The fraction of sp³-hybridized carbons (Fsp3) is 0.176. The average Bonchev–Trinajstić information content (AvgIpc) is 2.92. The van der Waals surface area contributed by atoms with Crippen molar-refractivity contribution in [3.63, 3.8) is 0 Å². The van der Waals surface area contributed by atoms with Crippen LogP contribution < -0.4 is 5.32 Å². The molecule has 4 nitrogen and oxygen atoms in total. The number of amides is 1. The first kappa shape index (κ1) is 15.9. The van der Waals surface area contributed by atoms with Crippen LogP contribution in [-0.4, -0.2) is 21.5 Å². The van der Waals surface area contributed by atoms with Gasteiger partial charge in [0, 0.05) is 16.8 Å². The number of hydrogen-bond donors (Lipinski definition) is 1. The molecule has 2 aromatic heterocycles. The van der Waals surface area contributed by atoms with E-state index < -0.39 is 0 Å². The summed E-state index contributed by atoms with van der Waals surface area (Å²) in [4.78, 5) is 18.4. The Labute approximate surface area is 143 Å². The van der Waals surface area contributed by atoms with Crippen molar-refractivity contribution < 1.29 is 4.79 Å². The number of carbonyl (C=O) groups is 1. The number of aromatic nitrogens is 2. The Bertz CT molecular complexity index is 875. The van der Waals surface area contributed by atoms with Gasteiger partial charge in [0.15, 0.2) is 0 Å². The number of pyridine rings is 1. The number of nitrogens with zero attached hydrogens (tertiary/aromatic N) is 2. The standard InChI is InChI=1S/C17H16ClN3OS/c1-3-14-16(21-10-11(18)7-8-15(21)20-14)17(22)19-12-5-4-6-13(9-12)23-2/h4-10H,3H2,1-2H3,(H,19,22). The van der Waals surface area contributed by atoms with Crippen molar-refractivity contribution in [2.24, 2.45) is 0 Å². The van der Waals surface area contributed by atoms with Crippen molar-refractivity contribution in [2.45, 2.75) is 18.2 Å². The molecule has 0 radical (unpaired) electrons. The second-order valence-corrected chi connectivity index (χ2v) is 6.34. The second kappa shape index (κ2) is 6.64. The van der Waals surface area contributed by atoms with Gasteiger partial charge in [-0.25, -0.2) is 4.98 Å². The molecule has 3 aromatic rings. The van der Waals surface area contributed by atoms with Crippen LogP contribution in [0, 0.1) is 0 Å². The minimum Gasteiger partial charge on any atom is -0.321 e. The van der Waals surface area contributed by atoms with E-state index >= 15 is 0 Å². The van der Waals surface area contributed by atoms with Crippen molar-refractivity contribution in [1.82, 2.24) is 9.38 Å². The zero-order valence-electron chi connectivity index (χ0n) is 12.8.